The van der Waals surface area contributed by atoms with Gasteiger partial charge in [-0.05, 0) is 19.9 Å². The first kappa shape index (κ1) is 13.6. The first-order valence-corrected chi connectivity index (χ1v) is 5.17. The van der Waals surface area contributed by atoms with E-state index in [2.05, 4.69) is 4.98 Å². The zero-order valence-electron chi connectivity index (χ0n) is 10.5. The molecule has 15 heavy (non-hydrogen) atoms. The highest BCUT2D eigenvalue weighted by atomic mass is 16.1. The summed E-state index contributed by atoms with van der Waals surface area (Å²) in [5, 5.41) is 0. The SMILES string of the molecule is CC.CC(=O)c1cnc(C)cc1N(C)C. The highest BCUT2D eigenvalue weighted by Crippen LogP contribution is 2.18. The van der Waals surface area contributed by atoms with E-state index in [4.69, 9.17) is 0 Å². The number of hydrogen-bond donors (Lipinski definition) is 0. The van der Waals surface area contributed by atoms with Crippen molar-refractivity contribution < 1.29 is 4.79 Å². The van der Waals surface area contributed by atoms with Crippen LogP contribution in [0, 0.1) is 6.92 Å². The van der Waals surface area contributed by atoms with E-state index in [1.807, 2.05) is 45.8 Å². The van der Waals surface area contributed by atoms with Crippen LogP contribution in [-0.4, -0.2) is 24.9 Å². The maximum Gasteiger partial charge on any atom is 0.163 e. The molecule has 1 aromatic heterocycles. The summed E-state index contributed by atoms with van der Waals surface area (Å²) in [6.07, 6.45) is 1.63. The largest absolute Gasteiger partial charge is 0.377 e. The van der Waals surface area contributed by atoms with Crippen molar-refractivity contribution in [2.45, 2.75) is 27.7 Å². The second-order valence-electron chi connectivity index (χ2n) is 3.29. The number of carbonyl (C=O) groups excluding carboxylic acids is 1. The van der Waals surface area contributed by atoms with Crippen LogP contribution >= 0.6 is 0 Å². The number of anilines is 1. The van der Waals surface area contributed by atoms with Gasteiger partial charge in [0.25, 0.3) is 0 Å². The summed E-state index contributed by atoms with van der Waals surface area (Å²) in [7, 11) is 3.84. The minimum Gasteiger partial charge on any atom is -0.377 e. The Morgan fingerprint density at radius 1 is 1.33 bits per heavy atom. The number of ketones is 1. The van der Waals surface area contributed by atoms with E-state index in [-0.39, 0.29) is 5.78 Å². The van der Waals surface area contributed by atoms with Gasteiger partial charge in [-0.1, -0.05) is 13.8 Å². The highest BCUT2D eigenvalue weighted by Gasteiger charge is 2.09. The number of Topliss-reactive ketones (excluding diaryl/α,β-unsaturated/α-hetero) is 1. The monoisotopic (exact) mass is 208 g/mol. The number of hydrogen-bond acceptors (Lipinski definition) is 3. The zero-order valence-corrected chi connectivity index (χ0v) is 10.5. The van der Waals surface area contributed by atoms with Gasteiger partial charge in [0.15, 0.2) is 5.78 Å². The van der Waals surface area contributed by atoms with E-state index in [0.29, 0.717) is 5.56 Å². The third kappa shape index (κ3) is 3.70. The van der Waals surface area contributed by atoms with Gasteiger partial charge in [-0.2, -0.15) is 0 Å². The molecule has 0 fully saturated rings. The smallest absolute Gasteiger partial charge is 0.163 e. The van der Waals surface area contributed by atoms with E-state index >= 15 is 0 Å². The zero-order chi connectivity index (χ0) is 12.0. The van der Waals surface area contributed by atoms with Gasteiger partial charge in [0.2, 0.25) is 0 Å². The van der Waals surface area contributed by atoms with E-state index < -0.39 is 0 Å². The summed E-state index contributed by atoms with van der Waals surface area (Å²) >= 11 is 0. The molecular weight excluding hydrogens is 188 g/mol. The number of carbonyl (C=O) groups is 1. The highest BCUT2D eigenvalue weighted by molar-refractivity contribution is 5.99. The fourth-order valence-corrected chi connectivity index (χ4v) is 1.19. The average Bonchev–Trinajstić information content (AvgIpc) is 2.20. The third-order valence-corrected chi connectivity index (χ3v) is 1.88. The molecule has 0 saturated heterocycles. The van der Waals surface area contributed by atoms with Gasteiger partial charge in [0, 0.05) is 26.0 Å². The lowest BCUT2D eigenvalue weighted by molar-refractivity contribution is 0.101. The number of pyridine rings is 1. The molecule has 0 N–H and O–H groups in total. The fraction of sp³-hybridized carbons (Fsp3) is 0.500. The molecule has 0 spiro atoms. The van der Waals surface area contributed by atoms with E-state index in [1.54, 1.807) is 13.1 Å². The Balaban J connectivity index is 0.000000921. The molecule has 1 aromatic rings. The second kappa shape index (κ2) is 6.17. The van der Waals surface area contributed by atoms with Crippen LogP contribution in [0.5, 0.6) is 0 Å². The average molecular weight is 208 g/mol. The van der Waals surface area contributed by atoms with Crippen molar-refractivity contribution in [3.63, 3.8) is 0 Å². The van der Waals surface area contributed by atoms with Gasteiger partial charge in [-0.25, -0.2) is 0 Å². The molecule has 0 amide bonds. The Labute approximate surface area is 92.1 Å². The molecule has 0 aliphatic carbocycles. The molecule has 0 unspecified atom stereocenters. The quantitative estimate of drug-likeness (QED) is 0.701. The molecule has 1 rings (SSSR count). The van der Waals surface area contributed by atoms with Crippen LogP contribution in [-0.2, 0) is 0 Å². The van der Waals surface area contributed by atoms with Crippen molar-refractivity contribution in [1.29, 1.82) is 0 Å². The number of rotatable bonds is 2. The Morgan fingerprint density at radius 2 is 1.87 bits per heavy atom. The lowest BCUT2D eigenvalue weighted by atomic mass is 10.1. The van der Waals surface area contributed by atoms with Crippen molar-refractivity contribution in [1.82, 2.24) is 4.98 Å². The maximum atomic E-state index is 11.2. The number of nitrogens with zero attached hydrogens (tertiary/aromatic N) is 2. The second-order valence-corrected chi connectivity index (χ2v) is 3.29. The Bertz CT molecular complexity index is 332. The summed E-state index contributed by atoms with van der Waals surface area (Å²) in [4.78, 5) is 17.2. The molecule has 0 atom stereocenters. The lowest BCUT2D eigenvalue weighted by Crippen LogP contribution is -2.13. The van der Waals surface area contributed by atoms with E-state index in [9.17, 15) is 4.79 Å². The molecule has 0 saturated carbocycles. The number of aromatic nitrogens is 1. The summed E-state index contributed by atoms with van der Waals surface area (Å²) in [6.45, 7) is 7.47. The first-order valence-electron chi connectivity index (χ1n) is 5.17. The van der Waals surface area contributed by atoms with Crippen molar-refractivity contribution in [3.8, 4) is 0 Å². The molecular formula is C12H20N2O. The van der Waals surface area contributed by atoms with Crippen LogP contribution in [0.25, 0.3) is 0 Å². The Hall–Kier alpha value is -1.38. The Morgan fingerprint density at radius 3 is 2.27 bits per heavy atom. The van der Waals surface area contributed by atoms with Crippen LogP contribution in [0.1, 0.15) is 36.8 Å². The predicted molar refractivity (Wildman–Crippen MR) is 64.7 cm³/mol. The van der Waals surface area contributed by atoms with E-state index in [1.165, 1.54) is 0 Å². The van der Waals surface area contributed by atoms with Crippen LogP contribution in [0.3, 0.4) is 0 Å². The molecule has 0 radical (unpaired) electrons. The van der Waals surface area contributed by atoms with Crippen molar-refractivity contribution in [3.05, 3.63) is 23.5 Å². The molecule has 0 aliphatic rings. The van der Waals surface area contributed by atoms with Crippen molar-refractivity contribution in [2.75, 3.05) is 19.0 Å². The van der Waals surface area contributed by atoms with Gasteiger partial charge >= 0.3 is 0 Å². The summed E-state index contributed by atoms with van der Waals surface area (Å²) in [6, 6.07) is 1.91. The fourth-order valence-electron chi connectivity index (χ4n) is 1.19. The van der Waals surface area contributed by atoms with E-state index in [0.717, 1.165) is 11.4 Å². The number of aryl methyl sites for hydroxylation is 1. The molecule has 3 nitrogen and oxygen atoms in total. The minimum atomic E-state index is 0.0520. The van der Waals surface area contributed by atoms with Crippen LogP contribution in [0.2, 0.25) is 0 Å². The van der Waals surface area contributed by atoms with Gasteiger partial charge in [-0.3, -0.25) is 9.78 Å². The van der Waals surface area contributed by atoms with Crippen molar-refractivity contribution in [2.24, 2.45) is 0 Å². The Kier molecular flexibility index (Phi) is 5.60. The van der Waals surface area contributed by atoms with Gasteiger partial charge in [0.05, 0.1) is 11.3 Å². The van der Waals surface area contributed by atoms with Crippen LogP contribution in [0.15, 0.2) is 12.3 Å². The lowest BCUT2D eigenvalue weighted by Gasteiger charge is -2.15. The van der Waals surface area contributed by atoms with Gasteiger partial charge in [0.1, 0.15) is 0 Å². The molecule has 84 valence electrons. The molecule has 1 heterocycles. The minimum absolute atomic E-state index is 0.0520. The molecule has 0 bridgehead atoms. The maximum absolute atomic E-state index is 11.2. The standard InChI is InChI=1S/C10H14N2O.C2H6/c1-7-5-10(12(3)4)9(6-11-7)8(2)13;1-2/h5-6H,1-4H3;1-2H3. The van der Waals surface area contributed by atoms with Crippen LogP contribution in [0.4, 0.5) is 5.69 Å². The third-order valence-electron chi connectivity index (χ3n) is 1.88. The molecule has 0 aliphatic heterocycles. The topological polar surface area (TPSA) is 33.2 Å². The summed E-state index contributed by atoms with van der Waals surface area (Å²) in [5.41, 5.74) is 2.53. The summed E-state index contributed by atoms with van der Waals surface area (Å²) in [5.74, 6) is 0.0520. The van der Waals surface area contributed by atoms with Gasteiger partial charge in [-0.15, -0.1) is 0 Å². The van der Waals surface area contributed by atoms with Gasteiger partial charge < -0.3 is 4.90 Å². The summed E-state index contributed by atoms with van der Waals surface area (Å²) < 4.78 is 0. The molecule has 0 aromatic carbocycles. The molecule has 3 heteroatoms. The van der Waals surface area contributed by atoms with Crippen LogP contribution < -0.4 is 4.90 Å². The first-order chi connectivity index (χ1) is 7.02. The van der Waals surface area contributed by atoms with Crippen molar-refractivity contribution >= 4 is 11.5 Å². The predicted octanol–water partition coefficient (Wildman–Crippen LogP) is 2.68. The normalized spacial score (nSPS) is 8.93.